The minimum Gasteiger partial charge on any atom is -0.493 e. The van der Waals surface area contributed by atoms with Crippen molar-refractivity contribution in [2.75, 3.05) is 38.8 Å². The number of hydrazine groups is 1. The number of pyridine rings is 1. The first-order valence-corrected chi connectivity index (χ1v) is 16.8. The molecule has 0 radical (unpaired) electrons. The average Bonchev–Trinajstić information content (AvgIpc) is 3.14. The van der Waals surface area contributed by atoms with Crippen LogP contribution in [-0.4, -0.2) is 73.9 Å². The number of benzene rings is 3. The number of hydrogen-bond acceptors (Lipinski definition) is 12. The molecule has 0 bridgehead atoms. The number of nitrogens with zero attached hydrogens (tertiary/aromatic N) is 2. The van der Waals surface area contributed by atoms with Gasteiger partial charge in [0.1, 0.15) is 6.04 Å². The number of carbonyl (C=O) groups excluding carboxylic acids is 3. The number of aromatic nitrogens is 1. The van der Waals surface area contributed by atoms with Crippen molar-refractivity contribution in [3.63, 3.8) is 0 Å². The standard InChI is InChI=1S/C34H39N5O7S.C2HF3O2/c1-20(2)47-30-12-9-24(37-34(42)46-6)17-26(30)27(18-31(40)45-5)38-33(41)32(22-8-11-28(43-3)29(16-22)44-4)39(35)25-10-7-23-19-36-14-13-21(23)15-25;3-2(4,5)1(6)7/h7-17,19-20,27,32H,18,35H2,1-6H3,(H,37,42)(H,38,41);(H,6,7)/t27-,32?;/m1./s1. The number of aliphatic carboxylic acids is 1. The zero-order valence-electron chi connectivity index (χ0n) is 30.1. The molecular formula is C36H40F3N5O9S. The Morgan fingerprint density at radius 3 is 2.19 bits per heavy atom. The molecular weight excluding hydrogens is 735 g/mol. The molecule has 2 amide bonds. The van der Waals surface area contributed by atoms with Gasteiger partial charge in [-0.2, -0.15) is 13.2 Å². The third-order valence-electron chi connectivity index (χ3n) is 7.51. The Labute approximate surface area is 313 Å². The molecule has 0 aliphatic rings. The van der Waals surface area contributed by atoms with Crippen molar-refractivity contribution in [1.82, 2.24) is 10.3 Å². The molecule has 0 aliphatic heterocycles. The van der Waals surface area contributed by atoms with Gasteiger partial charge in [-0.15, -0.1) is 11.8 Å². The molecule has 0 saturated carbocycles. The molecule has 1 heterocycles. The van der Waals surface area contributed by atoms with Crippen LogP contribution in [0.2, 0.25) is 0 Å². The molecule has 54 heavy (non-hydrogen) atoms. The van der Waals surface area contributed by atoms with Gasteiger partial charge in [0.2, 0.25) is 5.91 Å². The predicted octanol–water partition coefficient (Wildman–Crippen LogP) is 6.41. The molecule has 2 atom stereocenters. The summed E-state index contributed by atoms with van der Waals surface area (Å²) in [5.41, 5.74) is 2.09. The molecule has 4 rings (SSSR count). The van der Waals surface area contributed by atoms with Crippen molar-refractivity contribution in [1.29, 1.82) is 0 Å². The zero-order chi connectivity index (χ0) is 40.2. The Morgan fingerprint density at radius 1 is 0.907 bits per heavy atom. The first-order valence-electron chi connectivity index (χ1n) is 15.9. The summed E-state index contributed by atoms with van der Waals surface area (Å²) in [6.45, 7) is 4.06. The van der Waals surface area contributed by atoms with Crippen LogP contribution in [0.3, 0.4) is 0 Å². The van der Waals surface area contributed by atoms with E-state index in [4.69, 9.17) is 34.7 Å². The molecule has 0 saturated heterocycles. The van der Waals surface area contributed by atoms with E-state index in [0.29, 0.717) is 34.0 Å². The zero-order valence-corrected chi connectivity index (χ0v) is 30.9. The lowest BCUT2D eigenvalue weighted by Crippen LogP contribution is -2.46. The summed E-state index contributed by atoms with van der Waals surface area (Å²) < 4.78 is 52.5. The Morgan fingerprint density at radius 2 is 1.59 bits per heavy atom. The van der Waals surface area contributed by atoms with Crippen LogP contribution < -0.4 is 31.0 Å². The summed E-state index contributed by atoms with van der Waals surface area (Å²) in [5.74, 6) is 3.86. The van der Waals surface area contributed by atoms with Gasteiger partial charge in [-0.3, -0.25) is 24.9 Å². The number of ether oxygens (including phenoxy) is 4. The highest BCUT2D eigenvalue weighted by atomic mass is 32.2. The van der Waals surface area contributed by atoms with Gasteiger partial charge >= 0.3 is 24.2 Å². The molecule has 290 valence electrons. The second-order valence-corrected chi connectivity index (χ2v) is 13.1. The fourth-order valence-electron chi connectivity index (χ4n) is 5.01. The Kier molecular flexibility index (Phi) is 15.3. The van der Waals surface area contributed by atoms with Crippen LogP contribution in [0.4, 0.5) is 29.3 Å². The van der Waals surface area contributed by atoms with Crippen LogP contribution in [0.25, 0.3) is 10.8 Å². The van der Waals surface area contributed by atoms with Crippen molar-refractivity contribution in [2.24, 2.45) is 5.84 Å². The number of hydrogen-bond donors (Lipinski definition) is 4. The number of esters is 1. The summed E-state index contributed by atoms with van der Waals surface area (Å²) >= 11 is 1.55. The van der Waals surface area contributed by atoms with E-state index in [1.165, 1.54) is 33.4 Å². The van der Waals surface area contributed by atoms with Crippen molar-refractivity contribution < 1.29 is 56.4 Å². The van der Waals surface area contributed by atoms with Crippen molar-refractivity contribution in [3.05, 3.63) is 84.2 Å². The number of rotatable bonds is 13. The third-order valence-corrected chi connectivity index (χ3v) is 8.61. The monoisotopic (exact) mass is 775 g/mol. The third kappa shape index (κ3) is 11.6. The summed E-state index contributed by atoms with van der Waals surface area (Å²) in [4.78, 5) is 53.2. The number of anilines is 2. The fourth-order valence-corrected chi connectivity index (χ4v) is 6.00. The minimum absolute atomic E-state index is 0.171. The highest BCUT2D eigenvalue weighted by Gasteiger charge is 2.38. The number of fused-ring (bicyclic) bond motifs is 1. The van der Waals surface area contributed by atoms with Gasteiger partial charge in [0.05, 0.1) is 46.6 Å². The highest BCUT2D eigenvalue weighted by molar-refractivity contribution is 8.00. The van der Waals surface area contributed by atoms with Crippen molar-refractivity contribution in [2.45, 2.75) is 48.7 Å². The van der Waals surface area contributed by atoms with E-state index in [1.807, 2.05) is 38.1 Å². The number of carbonyl (C=O) groups is 4. The van der Waals surface area contributed by atoms with Crippen LogP contribution in [-0.2, 0) is 23.9 Å². The molecule has 1 unspecified atom stereocenters. The van der Waals surface area contributed by atoms with Gasteiger partial charge in [-0.05, 0) is 65.0 Å². The second kappa shape index (κ2) is 19.4. The molecule has 1 aromatic heterocycles. The molecule has 0 fully saturated rings. The van der Waals surface area contributed by atoms with Gasteiger partial charge in [0, 0.05) is 33.6 Å². The van der Waals surface area contributed by atoms with Gasteiger partial charge in [0.15, 0.2) is 11.5 Å². The van der Waals surface area contributed by atoms with Crippen molar-refractivity contribution in [3.8, 4) is 11.5 Å². The summed E-state index contributed by atoms with van der Waals surface area (Å²) in [7, 11) is 5.57. The van der Waals surface area contributed by atoms with Gasteiger partial charge in [-0.1, -0.05) is 26.0 Å². The van der Waals surface area contributed by atoms with Crippen LogP contribution in [0, 0.1) is 0 Å². The van der Waals surface area contributed by atoms with Crippen LogP contribution in [0.15, 0.2) is 78.0 Å². The molecule has 18 heteroatoms. The molecule has 4 aromatic rings. The maximum Gasteiger partial charge on any atom is 0.490 e. The minimum atomic E-state index is -5.08. The van der Waals surface area contributed by atoms with E-state index >= 15 is 0 Å². The highest BCUT2D eigenvalue weighted by Crippen LogP contribution is 2.37. The topological polar surface area (TPSA) is 192 Å². The molecule has 0 spiro atoms. The first-order chi connectivity index (χ1) is 25.5. The molecule has 14 nitrogen and oxygen atoms in total. The molecule has 3 aromatic carbocycles. The Hall–Kier alpha value is -5.75. The van der Waals surface area contributed by atoms with E-state index < -0.39 is 42.2 Å². The number of methoxy groups -OCH3 is 4. The molecule has 0 aliphatic carbocycles. The maximum atomic E-state index is 14.5. The largest absolute Gasteiger partial charge is 0.493 e. The number of alkyl halides is 3. The number of carboxylic acids is 1. The summed E-state index contributed by atoms with van der Waals surface area (Å²) in [5, 5.41) is 16.2. The number of nitrogens with two attached hydrogens (primary N) is 1. The Balaban J connectivity index is 0.00000102. The maximum absolute atomic E-state index is 14.5. The second-order valence-electron chi connectivity index (χ2n) is 11.5. The fraction of sp³-hybridized carbons (Fsp3) is 0.306. The quantitative estimate of drug-likeness (QED) is 0.0505. The van der Waals surface area contributed by atoms with Crippen LogP contribution >= 0.6 is 11.8 Å². The predicted molar refractivity (Wildman–Crippen MR) is 195 cm³/mol. The Bertz CT molecular complexity index is 1950. The van der Waals surface area contributed by atoms with Gasteiger partial charge in [0.25, 0.3) is 0 Å². The summed E-state index contributed by atoms with van der Waals surface area (Å²) in [6, 6.07) is 15.8. The van der Waals surface area contributed by atoms with E-state index in [9.17, 15) is 27.6 Å². The number of thioether (sulfide) groups is 1. The van der Waals surface area contributed by atoms with E-state index in [2.05, 4.69) is 15.6 Å². The van der Waals surface area contributed by atoms with E-state index in [-0.39, 0.29) is 11.7 Å². The van der Waals surface area contributed by atoms with Crippen LogP contribution in [0.5, 0.6) is 11.5 Å². The normalized spacial score (nSPS) is 12.1. The molecule has 5 N–H and O–H groups in total. The lowest BCUT2D eigenvalue weighted by atomic mass is 9.99. The van der Waals surface area contributed by atoms with E-state index in [0.717, 1.165) is 15.7 Å². The van der Waals surface area contributed by atoms with Gasteiger partial charge < -0.3 is 29.4 Å². The SMILES string of the molecule is COC(=O)C[C@@H](NC(=O)C(c1ccc(OC)c(OC)c1)N(N)c1ccc2cnccc2c1)c1cc(NC(=O)OC)ccc1SC(C)C.O=C(O)C(F)(F)F. The number of carboxylic acid groups (broad SMARTS) is 1. The smallest absolute Gasteiger partial charge is 0.490 e. The summed E-state index contributed by atoms with van der Waals surface area (Å²) in [6.07, 6.45) is -2.51. The van der Waals surface area contributed by atoms with Crippen molar-refractivity contribution >= 4 is 57.8 Å². The number of halogens is 3. The number of nitrogens with one attached hydrogen (secondary N) is 2. The lowest BCUT2D eigenvalue weighted by molar-refractivity contribution is -0.192. The number of amides is 2. The van der Waals surface area contributed by atoms with Gasteiger partial charge in [-0.25, -0.2) is 15.4 Å². The lowest BCUT2D eigenvalue weighted by Gasteiger charge is -2.31. The average molecular weight is 776 g/mol. The van der Waals surface area contributed by atoms with E-state index in [1.54, 1.807) is 60.6 Å². The van der Waals surface area contributed by atoms with Crippen LogP contribution in [0.1, 0.15) is 43.5 Å². The first kappa shape index (κ1) is 42.7.